The summed E-state index contributed by atoms with van der Waals surface area (Å²) < 4.78 is 6.28. The van der Waals surface area contributed by atoms with Crippen molar-refractivity contribution in [2.24, 2.45) is 0 Å². The van der Waals surface area contributed by atoms with Crippen molar-refractivity contribution in [1.82, 2.24) is 15.2 Å². The minimum absolute atomic E-state index is 0.0984. The fourth-order valence-corrected chi connectivity index (χ4v) is 4.28. The smallest absolute Gasteiger partial charge is 0.224 e. The normalized spacial score (nSPS) is 18.7. The number of para-hydroxylation sites is 1. The van der Waals surface area contributed by atoms with Gasteiger partial charge in [0, 0.05) is 43.9 Å². The second-order valence-corrected chi connectivity index (χ2v) is 7.23. The molecule has 1 aromatic carbocycles. The van der Waals surface area contributed by atoms with Crippen LogP contribution in [0, 0.1) is 0 Å². The lowest BCUT2D eigenvalue weighted by molar-refractivity contribution is -0.141. The molecule has 1 saturated heterocycles. The van der Waals surface area contributed by atoms with Crippen molar-refractivity contribution in [3.63, 3.8) is 0 Å². The van der Waals surface area contributed by atoms with Crippen LogP contribution in [0.5, 0.6) is 0 Å². The van der Waals surface area contributed by atoms with Crippen LogP contribution in [0.3, 0.4) is 0 Å². The van der Waals surface area contributed by atoms with Gasteiger partial charge in [0.1, 0.15) is 5.60 Å². The van der Waals surface area contributed by atoms with E-state index in [1.54, 1.807) is 0 Å². The van der Waals surface area contributed by atoms with Crippen LogP contribution in [0.1, 0.15) is 37.4 Å². The van der Waals surface area contributed by atoms with E-state index < -0.39 is 0 Å². The number of amides is 2. The molecule has 1 aromatic heterocycles. The van der Waals surface area contributed by atoms with E-state index in [1.165, 1.54) is 23.6 Å². The first-order valence-corrected chi connectivity index (χ1v) is 9.35. The molecule has 1 spiro atoms. The van der Waals surface area contributed by atoms with E-state index in [-0.39, 0.29) is 17.4 Å². The average Bonchev–Trinajstić information content (AvgIpc) is 3.03. The lowest BCUT2D eigenvalue weighted by Crippen LogP contribution is -2.48. The lowest BCUT2D eigenvalue weighted by atomic mass is 9.83. The summed E-state index contributed by atoms with van der Waals surface area (Å²) in [4.78, 5) is 28.8. The van der Waals surface area contributed by atoms with Crippen LogP contribution in [0.25, 0.3) is 10.9 Å². The Balaban J connectivity index is 1.48. The number of aromatic nitrogens is 1. The van der Waals surface area contributed by atoms with E-state index in [1.807, 2.05) is 11.0 Å². The molecular formula is C20H25N3O3. The van der Waals surface area contributed by atoms with Gasteiger partial charge in [0.2, 0.25) is 11.8 Å². The molecule has 26 heavy (non-hydrogen) atoms. The molecular weight excluding hydrogens is 330 g/mol. The van der Waals surface area contributed by atoms with Gasteiger partial charge >= 0.3 is 0 Å². The van der Waals surface area contributed by atoms with Gasteiger partial charge in [-0.25, -0.2) is 0 Å². The summed E-state index contributed by atoms with van der Waals surface area (Å²) in [6.45, 7) is 3.97. The number of ether oxygens (including phenoxy) is 1. The fraction of sp³-hybridized carbons (Fsp3) is 0.500. The van der Waals surface area contributed by atoms with Crippen LogP contribution in [0.15, 0.2) is 24.3 Å². The minimum atomic E-state index is -0.305. The zero-order chi connectivity index (χ0) is 18.1. The Hall–Kier alpha value is -2.34. The van der Waals surface area contributed by atoms with Crippen molar-refractivity contribution >= 4 is 22.7 Å². The quantitative estimate of drug-likeness (QED) is 0.885. The molecule has 138 valence electrons. The summed E-state index contributed by atoms with van der Waals surface area (Å²) in [5, 5.41) is 3.97. The van der Waals surface area contributed by atoms with Gasteiger partial charge in [0.05, 0.1) is 12.3 Å². The van der Waals surface area contributed by atoms with E-state index in [0.29, 0.717) is 26.1 Å². The first-order valence-electron chi connectivity index (χ1n) is 9.35. The maximum absolute atomic E-state index is 12.4. The second-order valence-electron chi connectivity index (χ2n) is 7.23. The summed E-state index contributed by atoms with van der Waals surface area (Å²) in [7, 11) is 0. The van der Waals surface area contributed by atoms with E-state index in [4.69, 9.17) is 4.74 Å². The molecule has 0 saturated carbocycles. The highest BCUT2D eigenvalue weighted by Crippen LogP contribution is 2.43. The van der Waals surface area contributed by atoms with Gasteiger partial charge in [-0.3, -0.25) is 9.59 Å². The molecule has 2 N–H and O–H groups in total. The second kappa shape index (κ2) is 6.76. The Labute approximate surface area is 152 Å². The predicted molar refractivity (Wildman–Crippen MR) is 98.7 cm³/mol. The first-order chi connectivity index (χ1) is 12.6. The molecule has 0 radical (unpaired) electrons. The van der Waals surface area contributed by atoms with E-state index in [9.17, 15) is 9.59 Å². The Morgan fingerprint density at radius 3 is 2.81 bits per heavy atom. The molecule has 6 heteroatoms. The third-order valence-corrected chi connectivity index (χ3v) is 5.64. The molecule has 4 rings (SSSR count). The summed E-state index contributed by atoms with van der Waals surface area (Å²) >= 11 is 0. The van der Waals surface area contributed by atoms with Crippen molar-refractivity contribution in [1.29, 1.82) is 0 Å². The zero-order valence-electron chi connectivity index (χ0n) is 15.1. The number of piperidine rings is 1. The molecule has 6 nitrogen and oxygen atoms in total. The van der Waals surface area contributed by atoms with Crippen LogP contribution in [0.2, 0.25) is 0 Å². The maximum atomic E-state index is 12.4. The van der Waals surface area contributed by atoms with Crippen LogP contribution in [-0.4, -0.2) is 47.9 Å². The maximum Gasteiger partial charge on any atom is 0.224 e. The van der Waals surface area contributed by atoms with Gasteiger partial charge < -0.3 is 19.9 Å². The Morgan fingerprint density at radius 1 is 1.27 bits per heavy atom. The van der Waals surface area contributed by atoms with Crippen LogP contribution >= 0.6 is 0 Å². The van der Waals surface area contributed by atoms with Gasteiger partial charge in [0.15, 0.2) is 0 Å². The third kappa shape index (κ3) is 2.98. The van der Waals surface area contributed by atoms with Crippen LogP contribution in [-0.2, 0) is 26.3 Å². The Kier molecular flexibility index (Phi) is 4.44. The highest BCUT2D eigenvalue weighted by atomic mass is 16.5. The molecule has 2 aliphatic heterocycles. The first kappa shape index (κ1) is 17.1. The topological polar surface area (TPSA) is 74.4 Å². The number of carbonyl (C=O) groups excluding carboxylic acids is 2. The Morgan fingerprint density at radius 2 is 2.04 bits per heavy atom. The van der Waals surface area contributed by atoms with Crippen molar-refractivity contribution in [3.05, 3.63) is 35.5 Å². The molecule has 2 amide bonds. The van der Waals surface area contributed by atoms with Crippen molar-refractivity contribution in [2.45, 2.75) is 38.2 Å². The third-order valence-electron chi connectivity index (χ3n) is 5.64. The van der Waals surface area contributed by atoms with Crippen LogP contribution in [0.4, 0.5) is 0 Å². The van der Waals surface area contributed by atoms with E-state index in [0.717, 1.165) is 31.4 Å². The largest absolute Gasteiger partial charge is 0.368 e. The lowest BCUT2D eigenvalue weighted by Gasteiger charge is -2.43. The number of aromatic amines is 1. The number of benzene rings is 1. The number of rotatable bonds is 3. The highest BCUT2D eigenvalue weighted by Gasteiger charge is 2.43. The van der Waals surface area contributed by atoms with Crippen molar-refractivity contribution in [3.8, 4) is 0 Å². The summed E-state index contributed by atoms with van der Waals surface area (Å²) in [6, 6.07) is 8.41. The average molecular weight is 355 g/mol. The minimum Gasteiger partial charge on any atom is -0.368 e. The van der Waals surface area contributed by atoms with Gasteiger partial charge in [-0.15, -0.1) is 0 Å². The molecule has 0 atom stereocenters. The molecule has 1 fully saturated rings. The SMILES string of the molecule is CC(=O)NCCC(=O)N1CCC2(CC1)OCCc1c2[nH]c2ccccc12. The number of carbonyl (C=O) groups is 2. The van der Waals surface area contributed by atoms with E-state index in [2.05, 4.69) is 28.5 Å². The van der Waals surface area contributed by atoms with Gasteiger partial charge in [-0.2, -0.15) is 0 Å². The number of hydrogen-bond donors (Lipinski definition) is 2. The monoisotopic (exact) mass is 355 g/mol. The molecule has 3 heterocycles. The molecule has 2 aromatic rings. The summed E-state index contributed by atoms with van der Waals surface area (Å²) in [6.07, 6.45) is 2.89. The summed E-state index contributed by atoms with van der Waals surface area (Å²) in [5.41, 5.74) is 3.44. The van der Waals surface area contributed by atoms with E-state index >= 15 is 0 Å². The number of H-pyrrole nitrogens is 1. The van der Waals surface area contributed by atoms with Gasteiger partial charge in [-0.1, -0.05) is 18.2 Å². The van der Waals surface area contributed by atoms with Crippen LogP contribution < -0.4 is 5.32 Å². The number of likely N-dealkylation sites (tertiary alicyclic amines) is 1. The zero-order valence-corrected chi connectivity index (χ0v) is 15.1. The number of nitrogens with zero attached hydrogens (tertiary/aromatic N) is 1. The molecule has 2 aliphatic rings. The van der Waals surface area contributed by atoms with Gasteiger partial charge in [-0.05, 0) is 30.9 Å². The summed E-state index contributed by atoms with van der Waals surface area (Å²) in [5.74, 6) is -0.00128. The predicted octanol–water partition coefficient (Wildman–Crippen LogP) is 2.08. The number of fused-ring (bicyclic) bond motifs is 4. The molecule has 0 unspecified atom stereocenters. The molecule has 0 bridgehead atoms. The highest BCUT2D eigenvalue weighted by molar-refractivity contribution is 5.85. The van der Waals surface area contributed by atoms with Crippen molar-refractivity contribution < 1.29 is 14.3 Å². The van der Waals surface area contributed by atoms with Gasteiger partial charge in [0.25, 0.3) is 0 Å². The van der Waals surface area contributed by atoms with Crippen molar-refractivity contribution in [2.75, 3.05) is 26.2 Å². The molecule has 0 aliphatic carbocycles. The Bertz CT molecular complexity index is 834. The number of nitrogens with one attached hydrogen (secondary N) is 2. The fourth-order valence-electron chi connectivity index (χ4n) is 4.28. The number of hydrogen-bond acceptors (Lipinski definition) is 3. The standard InChI is InChI=1S/C20H25N3O3/c1-14(24)21-10-6-18(25)23-11-8-20(9-12-23)19-16(7-13-26-20)15-4-2-3-5-17(15)22-19/h2-5,22H,6-13H2,1H3,(H,21,24).